The minimum absolute atomic E-state index is 0.258. The molecule has 0 aromatic heterocycles. The Morgan fingerprint density at radius 1 is 1.13 bits per heavy atom. The van der Waals surface area contributed by atoms with Gasteiger partial charge in [-0.15, -0.1) is 0 Å². The highest BCUT2D eigenvalue weighted by Crippen LogP contribution is 2.25. The third-order valence-corrected chi connectivity index (χ3v) is 5.52. The van der Waals surface area contributed by atoms with Gasteiger partial charge in [-0.2, -0.15) is 4.31 Å². The van der Waals surface area contributed by atoms with Crippen molar-refractivity contribution >= 4 is 32.4 Å². The van der Waals surface area contributed by atoms with E-state index in [0.29, 0.717) is 18.7 Å². The zero-order valence-electron chi connectivity index (χ0n) is 13.0. The van der Waals surface area contributed by atoms with Gasteiger partial charge in [0, 0.05) is 17.6 Å². The summed E-state index contributed by atoms with van der Waals surface area (Å²) in [6.45, 7) is 0.409. The Labute approximate surface area is 136 Å². The fourth-order valence-corrected chi connectivity index (χ4v) is 4.24. The number of hydrogen-bond donors (Lipinski definition) is 1. The van der Waals surface area contributed by atoms with Gasteiger partial charge in [0.1, 0.15) is 6.04 Å². The molecule has 5 nitrogen and oxygen atoms in total. The summed E-state index contributed by atoms with van der Waals surface area (Å²) in [5.74, 6) is -0.258. The topological polar surface area (TPSA) is 66.5 Å². The molecule has 1 amide bonds. The number of benzene rings is 2. The van der Waals surface area contributed by atoms with Crippen LogP contribution in [0.1, 0.15) is 19.3 Å². The largest absolute Gasteiger partial charge is 0.324 e. The average Bonchev–Trinajstić information content (AvgIpc) is 2.54. The second-order valence-corrected chi connectivity index (χ2v) is 7.84. The average molecular weight is 332 g/mol. The van der Waals surface area contributed by atoms with Crippen LogP contribution in [0, 0.1) is 0 Å². The van der Waals surface area contributed by atoms with E-state index in [4.69, 9.17) is 0 Å². The molecule has 1 N–H and O–H groups in total. The van der Waals surface area contributed by atoms with Crippen LogP contribution in [0.5, 0.6) is 0 Å². The summed E-state index contributed by atoms with van der Waals surface area (Å²) in [7, 11) is -3.38. The van der Waals surface area contributed by atoms with Crippen molar-refractivity contribution in [1.29, 1.82) is 0 Å². The molecule has 6 heteroatoms. The summed E-state index contributed by atoms with van der Waals surface area (Å²) in [5.41, 5.74) is 0.715. The minimum atomic E-state index is -3.38. The van der Waals surface area contributed by atoms with Crippen molar-refractivity contribution in [3.05, 3.63) is 42.5 Å². The molecule has 2 aromatic rings. The number of anilines is 1. The predicted octanol–water partition coefficient (Wildman–Crippen LogP) is 2.59. The number of carbonyl (C=O) groups excluding carboxylic acids is 1. The fraction of sp³-hybridized carbons (Fsp3) is 0.353. The number of rotatable bonds is 3. The molecule has 0 aliphatic carbocycles. The number of amides is 1. The van der Waals surface area contributed by atoms with Gasteiger partial charge in [-0.25, -0.2) is 8.42 Å². The Hall–Kier alpha value is -1.92. The molecule has 1 fully saturated rings. The van der Waals surface area contributed by atoms with Crippen molar-refractivity contribution in [1.82, 2.24) is 4.31 Å². The lowest BCUT2D eigenvalue weighted by Gasteiger charge is -2.32. The van der Waals surface area contributed by atoms with Gasteiger partial charge in [-0.1, -0.05) is 42.8 Å². The maximum absolute atomic E-state index is 12.7. The molecule has 0 saturated carbocycles. The number of carbonyl (C=O) groups is 1. The summed E-state index contributed by atoms with van der Waals surface area (Å²) >= 11 is 0. The highest BCUT2D eigenvalue weighted by Gasteiger charge is 2.34. The van der Waals surface area contributed by atoms with Gasteiger partial charge in [-0.3, -0.25) is 4.79 Å². The number of sulfonamides is 1. The Balaban J connectivity index is 1.88. The van der Waals surface area contributed by atoms with Gasteiger partial charge in [0.25, 0.3) is 0 Å². The van der Waals surface area contributed by atoms with Crippen molar-refractivity contribution in [2.24, 2.45) is 0 Å². The van der Waals surface area contributed by atoms with Gasteiger partial charge < -0.3 is 5.32 Å². The van der Waals surface area contributed by atoms with Crippen LogP contribution < -0.4 is 5.32 Å². The highest BCUT2D eigenvalue weighted by atomic mass is 32.2. The molecule has 1 saturated heterocycles. The van der Waals surface area contributed by atoms with Crippen LogP contribution in [-0.2, 0) is 14.8 Å². The van der Waals surface area contributed by atoms with Crippen LogP contribution >= 0.6 is 0 Å². The molecule has 1 heterocycles. The number of fused-ring (bicyclic) bond motifs is 1. The first-order valence-corrected chi connectivity index (χ1v) is 9.57. The van der Waals surface area contributed by atoms with E-state index in [1.165, 1.54) is 4.31 Å². The van der Waals surface area contributed by atoms with Gasteiger partial charge in [0.2, 0.25) is 15.9 Å². The lowest BCUT2D eigenvalue weighted by molar-refractivity contribution is -0.120. The molecule has 2 aromatic carbocycles. The van der Waals surface area contributed by atoms with Crippen LogP contribution in [0.3, 0.4) is 0 Å². The van der Waals surface area contributed by atoms with E-state index >= 15 is 0 Å². The fourth-order valence-electron chi connectivity index (χ4n) is 3.11. The summed E-state index contributed by atoms with van der Waals surface area (Å²) in [6, 6.07) is 12.9. The zero-order valence-corrected chi connectivity index (χ0v) is 13.8. The van der Waals surface area contributed by atoms with Crippen molar-refractivity contribution in [2.75, 3.05) is 18.1 Å². The number of nitrogens with one attached hydrogen (secondary N) is 1. The quantitative estimate of drug-likeness (QED) is 0.939. The molecule has 1 unspecified atom stereocenters. The van der Waals surface area contributed by atoms with E-state index in [1.54, 1.807) is 0 Å². The second kappa shape index (κ2) is 6.29. The van der Waals surface area contributed by atoms with Crippen molar-refractivity contribution in [2.45, 2.75) is 25.3 Å². The van der Waals surface area contributed by atoms with Crippen molar-refractivity contribution in [3.8, 4) is 0 Å². The highest BCUT2D eigenvalue weighted by molar-refractivity contribution is 7.88. The molecule has 0 spiro atoms. The normalized spacial score (nSPS) is 19.6. The first-order valence-electron chi connectivity index (χ1n) is 7.72. The molecule has 0 radical (unpaired) electrons. The maximum Gasteiger partial charge on any atom is 0.242 e. The third kappa shape index (κ3) is 3.38. The summed E-state index contributed by atoms with van der Waals surface area (Å²) in [5, 5.41) is 4.90. The lowest BCUT2D eigenvalue weighted by Crippen LogP contribution is -2.49. The van der Waals surface area contributed by atoms with E-state index in [9.17, 15) is 13.2 Å². The smallest absolute Gasteiger partial charge is 0.242 e. The van der Waals surface area contributed by atoms with Crippen LogP contribution in [0.25, 0.3) is 10.8 Å². The second-order valence-electron chi connectivity index (χ2n) is 5.90. The first-order chi connectivity index (χ1) is 11.0. The summed E-state index contributed by atoms with van der Waals surface area (Å²) in [4.78, 5) is 12.7. The van der Waals surface area contributed by atoms with Crippen molar-refractivity contribution < 1.29 is 13.2 Å². The number of hydrogen-bond acceptors (Lipinski definition) is 3. The van der Waals surface area contributed by atoms with E-state index in [1.807, 2.05) is 42.5 Å². The van der Waals surface area contributed by atoms with Gasteiger partial charge in [0.15, 0.2) is 0 Å². The minimum Gasteiger partial charge on any atom is -0.324 e. The molecule has 3 rings (SSSR count). The Morgan fingerprint density at radius 2 is 1.87 bits per heavy atom. The lowest BCUT2D eigenvalue weighted by atomic mass is 10.0. The molecule has 122 valence electrons. The monoisotopic (exact) mass is 332 g/mol. The first kappa shape index (κ1) is 16.0. The van der Waals surface area contributed by atoms with Gasteiger partial charge >= 0.3 is 0 Å². The molecular formula is C17H20N2O3S. The van der Waals surface area contributed by atoms with Crippen molar-refractivity contribution in [3.63, 3.8) is 0 Å². The molecule has 0 bridgehead atoms. The number of nitrogens with zero attached hydrogens (tertiary/aromatic N) is 1. The molecular weight excluding hydrogens is 312 g/mol. The standard InChI is InChI=1S/C17H20N2O3S/c1-23(21,22)19-12-5-4-11-16(19)17(20)18-15-10-6-8-13-7-2-3-9-14(13)15/h2-3,6-10,16H,4-5,11-12H2,1H3,(H,18,20). The van der Waals surface area contributed by atoms with E-state index in [2.05, 4.69) is 5.32 Å². The van der Waals surface area contributed by atoms with Crippen LogP contribution in [0.15, 0.2) is 42.5 Å². The molecule has 1 aliphatic heterocycles. The summed E-state index contributed by atoms with van der Waals surface area (Å²) in [6.07, 6.45) is 3.38. The SMILES string of the molecule is CS(=O)(=O)N1CCCCC1C(=O)Nc1cccc2ccccc12. The van der Waals surface area contributed by atoms with Crippen LogP contribution in [-0.4, -0.2) is 37.5 Å². The summed E-state index contributed by atoms with van der Waals surface area (Å²) < 4.78 is 25.1. The van der Waals surface area contributed by atoms with E-state index in [-0.39, 0.29) is 5.91 Å². The Bertz CT molecular complexity index is 827. The van der Waals surface area contributed by atoms with Gasteiger partial charge in [0.05, 0.1) is 6.26 Å². The zero-order chi connectivity index (χ0) is 16.4. The number of piperidine rings is 1. The van der Waals surface area contributed by atoms with E-state index in [0.717, 1.165) is 29.9 Å². The Kier molecular flexibility index (Phi) is 4.37. The van der Waals surface area contributed by atoms with Crippen LogP contribution in [0.2, 0.25) is 0 Å². The van der Waals surface area contributed by atoms with Gasteiger partial charge in [-0.05, 0) is 24.3 Å². The van der Waals surface area contributed by atoms with E-state index < -0.39 is 16.1 Å². The predicted molar refractivity (Wildman–Crippen MR) is 91.8 cm³/mol. The van der Waals surface area contributed by atoms with Crippen LogP contribution in [0.4, 0.5) is 5.69 Å². The third-order valence-electron chi connectivity index (χ3n) is 4.23. The molecule has 23 heavy (non-hydrogen) atoms. The Morgan fingerprint density at radius 3 is 2.65 bits per heavy atom. The molecule has 1 aliphatic rings. The maximum atomic E-state index is 12.7. The molecule has 1 atom stereocenters.